The van der Waals surface area contributed by atoms with Gasteiger partial charge in [-0.2, -0.15) is 0 Å². The summed E-state index contributed by atoms with van der Waals surface area (Å²) in [6.45, 7) is 1.84. The summed E-state index contributed by atoms with van der Waals surface area (Å²) < 4.78 is 3.11. The van der Waals surface area contributed by atoms with Gasteiger partial charge in [0.1, 0.15) is 5.82 Å². The highest BCUT2D eigenvalue weighted by molar-refractivity contribution is 7.17. The molecule has 0 radical (unpaired) electrons. The van der Waals surface area contributed by atoms with Crippen LogP contribution in [0.3, 0.4) is 0 Å². The number of anilines is 2. The molecule has 1 aliphatic rings. The number of primary amides is 1. The summed E-state index contributed by atoms with van der Waals surface area (Å²) in [6.07, 6.45) is 5.37. The fraction of sp³-hybridized carbons (Fsp3) is 0.312. The Bertz CT molecular complexity index is 893. The molecule has 4 N–H and O–H groups in total. The molecule has 1 aliphatic heterocycles. The normalized spacial score (nSPS) is 15.9. The largest absolute Gasteiger partial charge is 0.383 e. The summed E-state index contributed by atoms with van der Waals surface area (Å²) in [5.41, 5.74) is 13.8. The van der Waals surface area contributed by atoms with Gasteiger partial charge in [-0.3, -0.25) is 9.78 Å². The van der Waals surface area contributed by atoms with E-state index in [1.54, 1.807) is 17.7 Å². The predicted molar refractivity (Wildman–Crippen MR) is 95.3 cm³/mol. The van der Waals surface area contributed by atoms with Crippen LogP contribution in [0.1, 0.15) is 29.4 Å². The van der Waals surface area contributed by atoms with Crippen molar-refractivity contribution in [3.05, 3.63) is 35.7 Å². The van der Waals surface area contributed by atoms with Crippen LogP contribution in [0.15, 0.2) is 30.0 Å². The lowest BCUT2D eigenvalue weighted by molar-refractivity contribution is 0.0997. The zero-order chi connectivity index (χ0) is 16.7. The number of amides is 1. The van der Waals surface area contributed by atoms with Crippen LogP contribution in [-0.4, -0.2) is 33.5 Å². The molecule has 1 saturated heterocycles. The van der Waals surface area contributed by atoms with Gasteiger partial charge in [-0.25, -0.2) is 4.98 Å². The second kappa shape index (κ2) is 5.79. The minimum absolute atomic E-state index is 0.159. The predicted octanol–water partition coefficient (Wildman–Crippen LogP) is 2.02. The van der Waals surface area contributed by atoms with Gasteiger partial charge in [0.25, 0.3) is 5.91 Å². The standard InChI is InChI=1S/C16H18N6OS/c17-15-13(16(18)23)20-9-22(15)10-2-6-21(7-3-10)12-1-5-19-11-4-8-24-14(11)12/h1,4-5,8-10H,2-3,6-7,17H2,(H2,18,23). The van der Waals surface area contributed by atoms with Crippen molar-refractivity contribution in [1.82, 2.24) is 14.5 Å². The lowest BCUT2D eigenvalue weighted by Gasteiger charge is -2.34. The van der Waals surface area contributed by atoms with Crippen molar-refractivity contribution in [3.8, 4) is 0 Å². The van der Waals surface area contributed by atoms with E-state index in [9.17, 15) is 4.79 Å². The quantitative estimate of drug-likeness (QED) is 0.758. The Labute approximate surface area is 142 Å². The van der Waals surface area contributed by atoms with Crippen molar-refractivity contribution in [1.29, 1.82) is 0 Å². The van der Waals surface area contributed by atoms with Crippen LogP contribution in [0.5, 0.6) is 0 Å². The molecule has 0 atom stereocenters. The summed E-state index contributed by atoms with van der Waals surface area (Å²) in [6, 6.07) is 4.37. The first-order valence-electron chi connectivity index (χ1n) is 7.84. The summed E-state index contributed by atoms with van der Waals surface area (Å²) in [5, 5.41) is 2.07. The molecule has 0 aliphatic carbocycles. The van der Waals surface area contributed by atoms with Gasteiger partial charge in [-0.15, -0.1) is 11.3 Å². The maximum Gasteiger partial charge on any atom is 0.271 e. The molecule has 3 aromatic heterocycles. The Morgan fingerprint density at radius 1 is 1.25 bits per heavy atom. The van der Waals surface area contributed by atoms with Crippen molar-refractivity contribution in [2.75, 3.05) is 23.7 Å². The molecule has 0 saturated carbocycles. The number of hydrogen-bond acceptors (Lipinski definition) is 6. The van der Waals surface area contributed by atoms with E-state index in [0.29, 0.717) is 5.82 Å². The molecule has 7 nitrogen and oxygen atoms in total. The van der Waals surface area contributed by atoms with Crippen LogP contribution in [-0.2, 0) is 0 Å². The molecule has 1 amide bonds. The van der Waals surface area contributed by atoms with Crippen LogP contribution >= 0.6 is 11.3 Å². The molecule has 4 rings (SSSR count). The number of nitrogens with zero attached hydrogens (tertiary/aromatic N) is 4. The Morgan fingerprint density at radius 2 is 2.04 bits per heavy atom. The molecule has 0 unspecified atom stereocenters. The van der Waals surface area contributed by atoms with Gasteiger partial charge in [0.15, 0.2) is 5.69 Å². The van der Waals surface area contributed by atoms with Crippen LogP contribution in [0.4, 0.5) is 11.5 Å². The van der Waals surface area contributed by atoms with Crippen LogP contribution in [0.25, 0.3) is 10.2 Å². The smallest absolute Gasteiger partial charge is 0.271 e. The second-order valence-corrected chi connectivity index (χ2v) is 6.85. The van der Waals surface area contributed by atoms with Crippen LogP contribution in [0.2, 0.25) is 0 Å². The zero-order valence-electron chi connectivity index (χ0n) is 13.1. The van der Waals surface area contributed by atoms with Crippen molar-refractivity contribution in [2.45, 2.75) is 18.9 Å². The number of nitrogens with two attached hydrogens (primary N) is 2. The van der Waals surface area contributed by atoms with E-state index in [1.807, 2.05) is 16.8 Å². The first kappa shape index (κ1) is 14.9. The summed E-state index contributed by atoms with van der Waals surface area (Å²) >= 11 is 1.72. The number of carbonyl (C=O) groups is 1. The molecule has 24 heavy (non-hydrogen) atoms. The molecule has 4 heterocycles. The van der Waals surface area contributed by atoms with Crippen molar-refractivity contribution in [3.63, 3.8) is 0 Å². The number of piperidine rings is 1. The van der Waals surface area contributed by atoms with E-state index in [1.165, 1.54) is 10.4 Å². The molecule has 1 fully saturated rings. The highest BCUT2D eigenvalue weighted by Crippen LogP contribution is 2.34. The highest BCUT2D eigenvalue weighted by atomic mass is 32.1. The third kappa shape index (κ3) is 2.39. The number of rotatable bonds is 3. The summed E-state index contributed by atoms with van der Waals surface area (Å²) in [4.78, 5) is 22.1. The molecule has 124 valence electrons. The molecule has 0 spiro atoms. The zero-order valence-corrected chi connectivity index (χ0v) is 13.9. The fourth-order valence-electron chi connectivity index (χ4n) is 3.35. The Balaban J connectivity index is 1.53. The first-order valence-corrected chi connectivity index (χ1v) is 8.72. The second-order valence-electron chi connectivity index (χ2n) is 5.93. The van der Waals surface area contributed by atoms with Gasteiger partial charge in [0.2, 0.25) is 0 Å². The number of pyridine rings is 1. The Kier molecular flexibility index (Phi) is 3.61. The first-order chi connectivity index (χ1) is 11.6. The van der Waals surface area contributed by atoms with Gasteiger partial charge in [-0.05, 0) is 30.4 Å². The number of imidazole rings is 1. The van der Waals surface area contributed by atoms with Crippen molar-refractivity contribution >= 4 is 39.0 Å². The highest BCUT2D eigenvalue weighted by Gasteiger charge is 2.25. The fourth-order valence-corrected chi connectivity index (χ4v) is 4.24. The monoisotopic (exact) mass is 342 g/mol. The molecular formula is C16H18N6OS. The summed E-state index contributed by atoms with van der Waals surface area (Å²) in [7, 11) is 0. The lowest BCUT2D eigenvalue weighted by Crippen LogP contribution is -2.34. The number of carbonyl (C=O) groups excluding carboxylic acids is 1. The van der Waals surface area contributed by atoms with E-state index in [4.69, 9.17) is 11.5 Å². The van der Waals surface area contributed by atoms with Crippen LogP contribution in [0, 0.1) is 0 Å². The van der Waals surface area contributed by atoms with E-state index in [0.717, 1.165) is 31.4 Å². The molecule has 0 bridgehead atoms. The number of aromatic nitrogens is 3. The Hall–Kier alpha value is -2.61. The van der Waals surface area contributed by atoms with E-state index in [2.05, 4.69) is 26.3 Å². The molecule has 3 aromatic rings. The lowest BCUT2D eigenvalue weighted by atomic mass is 10.0. The van der Waals surface area contributed by atoms with Gasteiger partial charge in [-0.1, -0.05) is 0 Å². The van der Waals surface area contributed by atoms with Crippen LogP contribution < -0.4 is 16.4 Å². The minimum Gasteiger partial charge on any atom is -0.383 e. The van der Waals surface area contributed by atoms with Crippen molar-refractivity contribution in [2.24, 2.45) is 5.73 Å². The number of thiophene rings is 1. The maximum absolute atomic E-state index is 11.3. The third-order valence-electron chi connectivity index (χ3n) is 4.59. The molecular weight excluding hydrogens is 324 g/mol. The van der Waals surface area contributed by atoms with Gasteiger partial charge < -0.3 is 20.9 Å². The van der Waals surface area contributed by atoms with Crippen molar-refractivity contribution < 1.29 is 4.79 Å². The Morgan fingerprint density at radius 3 is 2.75 bits per heavy atom. The molecule has 0 aromatic carbocycles. The van der Waals surface area contributed by atoms with E-state index < -0.39 is 5.91 Å². The van der Waals surface area contributed by atoms with Gasteiger partial charge >= 0.3 is 0 Å². The van der Waals surface area contributed by atoms with E-state index >= 15 is 0 Å². The number of fused-ring (bicyclic) bond motifs is 1. The minimum atomic E-state index is -0.583. The average molecular weight is 342 g/mol. The average Bonchev–Trinajstić information content (AvgIpc) is 3.21. The molecule has 8 heteroatoms. The third-order valence-corrected chi connectivity index (χ3v) is 5.51. The SMILES string of the molecule is NC(=O)c1ncn(C2CCN(c3ccnc4ccsc34)CC2)c1N. The topological polar surface area (TPSA) is 103 Å². The number of nitrogen functional groups attached to an aromatic ring is 1. The maximum atomic E-state index is 11.3. The summed E-state index contributed by atoms with van der Waals surface area (Å²) in [5.74, 6) is -0.217. The van der Waals surface area contributed by atoms with Gasteiger partial charge in [0.05, 0.1) is 22.2 Å². The van der Waals surface area contributed by atoms with Gasteiger partial charge in [0, 0.05) is 25.3 Å². The number of hydrogen-bond donors (Lipinski definition) is 2. The van der Waals surface area contributed by atoms with E-state index in [-0.39, 0.29) is 11.7 Å².